The molecular formula is C17H21F3N2O. The van der Waals surface area contributed by atoms with E-state index < -0.39 is 17.3 Å². The molecule has 1 aliphatic carbocycles. The third-order valence-corrected chi connectivity index (χ3v) is 4.92. The van der Waals surface area contributed by atoms with Gasteiger partial charge in [-0.3, -0.25) is 4.79 Å². The normalized spacial score (nSPS) is 23.3. The number of hydrogen-bond acceptors (Lipinski definition) is 2. The van der Waals surface area contributed by atoms with Crippen LogP contribution in [0.2, 0.25) is 0 Å². The predicted octanol–water partition coefficient (Wildman–Crippen LogP) is 3.34. The maximum Gasteiger partial charge on any atom is 0.416 e. The molecule has 6 heteroatoms. The zero-order valence-corrected chi connectivity index (χ0v) is 12.9. The molecule has 1 heterocycles. The molecule has 1 saturated carbocycles. The van der Waals surface area contributed by atoms with Crippen molar-refractivity contribution in [2.75, 3.05) is 6.54 Å². The standard InChI is InChI=1S/C17H21F3N2O/c18-17(19,20)13-5-1-4-12(10-13)16(7-3-8-16)22-15(23)11-14-6-2-9-21-14/h1,4-5,10,14,21H,2-3,6-9,11H2,(H,22,23). The molecule has 0 bridgehead atoms. The van der Waals surface area contributed by atoms with Gasteiger partial charge >= 0.3 is 6.18 Å². The molecule has 0 radical (unpaired) electrons. The van der Waals surface area contributed by atoms with E-state index in [1.54, 1.807) is 6.07 Å². The van der Waals surface area contributed by atoms with Crippen molar-refractivity contribution in [1.82, 2.24) is 10.6 Å². The minimum absolute atomic E-state index is 0.0819. The van der Waals surface area contributed by atoms with Gasteiger partial charge in [0.25, 0.3) is 0 Å². The van der Waals surface area contributed by atoms with Crippen LogP contribution < -0.4 is 10.6 Å². The van der Waals surface area contributed by atoms with E-state index in [0.29, 0.717) is 24.8 Å². The van der Waals surface area contributed by atoms with Crippen LogP contribution in [0.15, 0.2) is 24.3 Å². The zero-order chi connectivity index (χ0) is 16.5. The second-order valence-electron chi connectivity index (χ2n) is 6.56. The van der Waals surface area contributed by atoms with Crippen LogP contribution in [0, 0.1) is 0 Å². The molecule has 1 unspecified atom stereocenters. The van der Waals surface area contributed by atoms with Crippen molar-refractivity contribution in [2.45, 2.75) is 56.3 Å². The van der Waals surface area contributed by atoms with E-state index in [1.165, 1.54) is 12.1 Å². The molecule has 0 aromatic heterocycles. The lowest BCUT2D eigenvalue weighted by atomic mass is 9.71. The van der Waals surface area contributed by atoms with Crippen LogP contribution in [0.5, 0.6) is 0 Å². The monoisotopic (exact) mass is 326 g/mol. The second kappa shape index (κ2) is 6.15. The Morgan fingerprint density at radius 1 is 1.30 bits per heavy atom. The highest BCUT2D eigenvalue weighted by Gasteiger charge is 2.41. The molecule has 2 fully saturated rings. The number of carbonyl (C=O) groups is 1. The average Bonchev–Trinajstić information content (AvgIpc) is 2.95. The summed E-state index contributed by atoms with van der Waals surface area (Å²) in [6.07, 6.45) is 0.370. The van der Waals surface area contributed by atoms with Crippen molar-refractivity contribution >= 4 is 5.91 Å². The average molecular weight is 326 g/mol. The van der Waals surface area contributed by atoms with E-state index in [-0.39, 0.29) is 11.9 Å². The molecule has 0 spiro atoms. The predicted molar refractivity (Wildman–Crippen MR) is 80.8 cm³/mol. The highest BCUT2D eigenvalue weighted by Crippen LogP contribution is 2.43. The Morgan fingerprint density at radius 2 is 2.09 bits per heavy atom. The summed E-state index contributed by atoms with van der Waals surface area (Å²) in [7, 11) is 0. The van der Waals surface area contributed by atoms with Crippen LogP contribution in [0.1, 0.15) is 49.7 Å². The van der Waals surface area contributed by atoms with Gasteiger partial charge in [0.15, 0.2) is 0 Å². The number of halogens is 3. The fourth-order valence-electron chi connectivity index (χ4n) is 3.48. The van der Waals surface area contributed by atoms with Gasteiger partial charge in [0.05, 0.1) is 11.1 Å². The molecule has 1 aliphatic heterocycles. The van der Waals surface area contributed by atoms with Crippen molar-refractivity contribution in [3.05, 3.63) is 35.4 Å². The third kappa shape index (κ3) is 3.52. The lowest BCUT2D eigenvalue weighted by Crippen LogP contribution is -2.51. The Balaban J connectivity index is 1.74. The van der Waals surface area contributed by atoms with Crippen molar-refractivity contribution in [3.63, 3.8) is 0 Å². The van der Waals surface area contributed by atoms with Gasteiger partial charge in [-0.2, -0.15) is 13.2 Å². The highest BCUT2D eigenvalue weighted by molar-refractivity contribution is 5.78. The lowest BCUT2D eigenvalue weighted by Gasteiger charge is -2.43. The maximum absolute atomic E-state index is 12.9. The largest absolute Gasteiger partial charge is 0.416 e. The van der Waals surface area contributed by atoms with Crippen LogP contribution in [-0.2, 0) is 16.5 Å². The molecule has 1 aromatic carbocycles. The van der Waals surface area contributed by atoms with Crippen LogP contribution >= 0.6 is 0 Å². The number of hydrogen-bond donors (Lipinski definition) is 2. The van der Waals surface area contributed by atoms with Gasteiger partial charge in [-0.25, -0.2) is 0 Å². The summed E-state index contributed by atoms with van der Waals surface area (Å²) >= 11 is 0. The Bertz CT molecular complexity index is 575. The van der Waals surface area contributed by atoms with Crippen molar-refractivity contribution in [1.29, 1.82) is 0 Å². The first-order chi connectivity index (χ1) is 10.9. The summed E-state index contributed by atoms with van der Waals surface area (Å²) in [6, 6.07) is 5.53. The molecule has 1 amide bonds. The molecule has 126 valence electrons. The summed E-state index contributed by atoms with van der Waals surface area (Å²) in [5.41, 5.74) is -0.726. The summed E-state index contributed by atoms with van der Waals surface area (Å²) in [6.45, 7) is 0.927. The van der Waals surface area contributed by atoms with Gasteiger partial charge in [0.1, 0.15) is 0 Å². The van der Waals surface area contributed by atoms with Gasteiger partial charge in [-0.15, -0.1) is 0 Å². The molecule has 2 N–H and O–H groups in total. The smallest absolute Gasteiger partial charge is 0.347 e. The maximum atomic E-state index is 12.9. The molecule has 3 nitrogen and oxygen atoms in total. The van der Waals surface area contributed by atoms with Gasteiger partial charge in [-0.1, -0.05) is 12.1 Å². The topological polar surface area (TPSA) is 41.1 Å². The van der Waals surface area contributed by atoms with Crippen LogP contribution in [0.4, 0.5) is 13.2 Å². The Morgan fingerprint density at radius 3 is 2.65 bits per heavy atom. The van der Waals surface area contributed by atoms with E-state index in [0.717, 1.165) is 31.9 Å². The highest BCUT2D eigenvalue weighted by atomic mass is 19.4. The SMILES string of the molecule is O=C(CC1CCCN1)NC1(c2cccc(C(F)(F)F)c2)CCC1. The summed E-state index contributed by atoms with van der Waals surface area (Å²) in [4.78, 5) is 12.3. The number of alkyl halides is 3. The zero-order valence-electron chi connectivity index (χ0n) is 12.9. The number of carbonyl (C=O) groups excluding carboxylic acids is 1. The number of amides is 1. The van der Waals surface area contributed by atoms with Crippen LogP contribution in [0.3, 0.4) is 0 Å². The van der Waals surface area contributed by atoms with Crippen molar-refractivity contribution in [3.8, 4) is 0 Å². The van der Waals surface area contributed by atoms with E-state index in [9.17, 15) is 18.0 Å². The molecule has 1 saturated heterocycles. The minimum Gasteiger partial charge on any atom is -0.347 e. The quantitative estimate of drug-likeness (QED) is 0.891. The van der Waals surface area contributed by atoms with E-state index >= 15 is 0 Å². The molecule has 1 atom stereocenters. The Labute approximate surface area is 133 Å². The first kappa shape index (κ1) is 16.3. The van der Waals surface area contributed by atoms with Gasteiger partial charge < -0.3 is 10.6 Å². The summed E-state index contributed by atoms with van der Waals surface area (Å²) in [5.74, 6) is -0.0819. The third-order valence-electron chi connectivity index (χ3n) is 4.92. The van der Waals surface area contributed by atoms with Crippen molar-refractivity contribution in [2.24, 2.45) is 0 Å². The first-order valence-electron chi connectivity index (χ1n) is 8.11. The minimum atomic E-state index is -4.36. The Hall–Kier alpha value is -1.56. The first-order valence-corrected chi connectivity index (χ1v) is 8.11. The van der Waals surface area contributed by atoms with E-state index in [1.807, 2.05) is 0 Å². The molecule has 2 aliphatic rings. The van der Waals surface area contributed by atoms with Gasteiger partial charge in [0, 0.05) is 12.5 Å². The second-order valence-corrected chi connectivity index (χ2v) is 6.56. The van der Waals surface area contributed by atoms with Gasteiger partial charge in [-0.05, 0) is 56.3 Å². The Kier molecular flexibility index (Phi) is 4.36. The molecule has 1 aromatic rings. The fourth-order valence-corrected chi connectivity index (χ4v) is 3.48. The van der Waals surface area contributed by atoms with Crippen LogP contribution in [-0.4, -0.2) is 18.5 Å². The fraction of sp³-hybridized carbons (Fsp3) is 0.588. The summed E-state index contributed by atoms with van der Waals surface area (Å²) < 4.78 is 38.7. The number of rotatable bonds is 4. The van der Waals surface area contributed by atoms with Crippen LogP contribution in [0.25, 0.3) is 0 Å². The number of benzene rings is 1. The molecular weight excluding hydrogens is 305 g/mol. The van der Waals surface area contributed by atoms with E-state index in [2.05, 4.69) is 10.6 Å². The lowest BCUT2D eigenvalue weighted by molar-refractivity contribution is -0.137. The van der Waals surface area contributed by atoms with Gasteiger partial charge in [0.2, 0.25) is 5.91 Å². The molecule has 3 rings (SSSR count). The van der Waals surface area contributed by atoms with E-state index in [4.69, 9.17) is 0 Å². The number of nitrogens with one attached hydrogen (secondary N) is 2. The molecule has 23 heavy (non-hydrogen) atoms. The summed E-state index contributed by atoms with van der Waals surface area (Å²) in [5, 5.41) is 6.27. The van der Waals surface area contributed by atoms with Crippen molar-refractivity contribution < 1.29 is 18.0 Å².